The maximum atomic E-state index is 14.6. The van der Waals surface area contributed by atoms with E-state index in [1.807, 2.05) is 65.7 Å². The van der Waals surface area contributed by atoms with E-state index in [1.54, 1.807) is 33.1 Å². The quantitative estimate of drug-likeness (QED) is 0.153. The number of esters is 1. The van der Waals surface area contributed by atoms with Gasteiger partial charge in [0.25, 0.3) is 0 Å². The molecule has 0 unspecified atom stereocenters. The van der Waals surface area contributed by atoms with Gasteiger partial charge in [0.1, 0.15) is 29.0 Å². The molecule has 0 spiro atoms. The molecule has 15 heteroatoms. The Morgan fingerprint density at radius 3 is 2.24 bits per heavy atom. The van der Waals surface area contributed by atoms with Crippen LogP contribution >= 0.6 is 11.6 Å². The number of halogens is 1. The number of aliphatic hydroxyl groups is 4. The molecule has 17 atom stereocenters. The Morgan fingerprint density at radius 2 is 1.65 bits per heavy atom. The van der Waals surface area contributed by atoms with Gasteiger partial charge in [-0.15, -0.1) is 0 Å². The lowest BCUT2D eigenvalue weighted by Crippen LogP contribution is -2.69. The van der Waals surface area contributed by atoms with Gasteiger partial charge in [0.05, 0.1) is 36.4 Å². The summed E-state index contributed by atoms with van der Waals surface area (Å²) in [5.41, 5.74) is -4.40. The number of nitrogens with one attached hydrogen (secondary N) is 1. The summed E-state index contributed by atoms with van der Waals surface area (Å²) in [6.45, 7) is 24.5. The summed E-state index contributed by atoms with van der Waals surface area (Å²) in [6, 6.07) is 7.01. The number of benzene rings is 1. The smallest absolute Gasteiger partial charge is 0.311 e. The number of ether oxygens (including phenoxy) is 6. The second-order valence-corrected chi connectivity index (χ2v) is 21.0. The molecular formula is C48H84ClN3O11. The van der Waals surface area contributed by atoms with E-state index in [-0.39, 0.29) is 43.5 Å². The molecule has 1 aromatic rings. The van der Waals surface area contributed by atoms with Crippen molar-refractivity contribution in [3.8, 4) is 0 Å². The maximum absolute atomic E-state index is 14.6. The highest BCUT2D eigenvalue weighted by Gasteiger charge is 2.58. The van der Waals surface area contributed by atoms with Gasteiger partial charge in [-0.1, -0.05) is 59.2 Å². The SMILES string of the molecule is CCCN1C[C@H](C)[C@@H](O)[C@](C)(O)[C@@H](CC)OC(=O)[C@H](C)[C@H](O[C@@H]2C[C@](C)(OC)[C@@](O)(CNc3cccc(Cl)c3)[C@H](C)O2)[C@H](C)[C@@H](O[C@@H]2O[C@H](C)C[C@H](N(C)C)[C@H]2O)C(C)(C)C[C@H]1C. The van der Waals surface area contributed by atoms with E-state index in [1.165, 1.54) is 6.92 Å². The summed E-state index contributed by atoms with van der Waals surface area (Å²) >= 11 is 6.27. The zero-order valence-corrected chi connectivity index (χ0v) is 41.7. The monoisotopic (exact) mass is 914 g/mol. The minimum absolute atomic E-state index is 0.00611. The third kappa shape index (κ3) is 12.3. The lowest BCUT2D eigenvalue weighted by molar-refractivity contribution is -0.333. The van der Waals surface area contributed by atoms with Crippen molar-refractivity contribution in [1.29, 1.82) is 0 Å². The third-order valence-corrected chi connectivity index (χ3v) is 15.0. The molecule has 0 bridgehead atoms. The molecule has 0 aromatic heterocycles. The fraction of sp³-hybridized carbons (Fsp3) is 0.854. The summed E-state index contributed by atoms with van der Waals surface area (Å²) in [5, 5.41) is 51.9. The van der Waals surface area contributed by atoms with Crippen LogP contribution in [0.15, 0.2) is 24.3 Å². The van der Waals surface area contributed by atoms with Crippen LogP contribution in [0.1, 0.15) is 115 Å². The van der Waals surface area contributed by atoms with E-state index in [2.05, 4.69) is 37.9 Å². The van der Waals surface area contributed by atoms with Crippen molar-refractivity contribution >= 4 is 23.3 Å². The predicted octanol–water partition coefficient (Wildman–Crippen LogP) is 6.09. The molecule has 3 fully saturated rings. The van der Waals surface area contributed by atoms with Crippen LogP contribution in [-0.2, 0) is 33.2 Å². The first kappa shape index (κ1) is 54.0. The average Bonchev–Trinajstić information content (AvgIpc) is 3.21. The Kier molecular flexibility index (Phi) is 18.8. The second kappa shape index (κ2) is 22.0. The topological polar surface area (TPSA) is 172 Å². The van der Waals surface area contributed by atoms with Crippen LogP contribution in [0.3, 0.4) is 0 Å². The molecule has 364 valence electrons. The lowest BCUT2D eigenvalue weighted by atomic mass is 9.72. The standard InChI is InChI=1S/C48H84ClN3O11/c1-16-21-52-26-28(3)41(54)47(12,56)37(17-2)61-43(55)32(7)40(31(6)42(45(9,10)24-29(52)4)63-44-39(53)36(51(13)14)22-30(5)59-44)62-38-25-46(11,58-15)48(57,33(8)60-38)27-50-35-20-18-19-34(49)23-35/h18-20,23,28-33,36-42,44,50,53-54,56-57H,16-17,21-22,24-27H2,1-15H3/t28-,29+,30+,31-,32+,33-,36-,37+,38+,39+,40+,41+,42+,44-,46-,47+,48+/m0/s1. The fourth-order valence-electron chi connectivity index (χ4n) is 10.7. The zero-order valence-electron chi connectivity index (χ0n) is 41.0. The highest BCUT2D eigenvalue weighted by molar-refractivity contribution is 6.30. The van der Waals surface area contributed by atoms with Gasteiger partial charge < -0.3 is 64.0 Å². The second-order valence-electron chi connectivity index (χ2n) is 20.5. The summed E-state index contributed by atoms with van der Waals surface area (Å²) in [7, 11) is 5.42. The van der Waals surface area contributed by atoms with Gasteiger partial charge >= 0.3 is 5.97 Å². The van der Waals surface area contributed by atoms with Gasteiger partial charge in [-0.3, -0.25) is 4.79 Å². The van der Waals surface area contributed by atoms with E-state index in [9.17, 15) is 25.2 Å². The van der Waals surface area contributed by atoms with Gasteiger partial charge in [0, 0.05) is 55.3 Å². The number of likely N-dealkylation sites (N-methyl/N-ethyl adjacent to an activating group) is 1. The van der Waals surface area contributed by atoms with Gasteiger partial charge in [-0.25, -0.2) is 0 Å². The van der Waals surface area contributed by atoms with E-state index < -0.39 is 89.2 Å². The van der Waals surface area contributed by atoms with E-state index in [0.29, 0.717) is 24.4 Å². The largest absolute Gasteiger partial charge is 0.459 e. The molecular weight excluding hydrogens is 830 g/mol. The Hall–Kier alpha value is -1.66. The summed E-state index contributed by atoms with van der Waals surface area (Å²) in [5.74, 6) is -2.51. The molecule has 3 saturated heterocycles. The zero-order chi connectivity index (χ0) is 47.4. The van der Waals surface area contributed by atoms with Crippen molar-refractivity contribution in [2.75, 3.05) is 46.2 Å². The van der Waals surface area contributed by atoms with Crippen molar-refractivity contribution in [3.05, 3.63) is 29.3 Å². The van der Waals surface area contributed by atoms with Crippen LogP contribution in [0.4, 0.5) is 5.69 Å². The van der Waals surface area contributed by atoms with Crippen molar-refractivity contribution in [2.24, 2.45) is 23.2 Å². The molecule has 0 radical (unpaired) electrons. The van der Waals surface area contributed by atoms with Crippen LogP contribution in [-0.4, -0.2) is 161 Å². The molecule has 63 heavy (non-hydrogen) atoms. The summed E-state index contributed by atoms with van der Waals surface area (Å²) < 4.78 is 39.5. The van der Waals surface area contributed by atoms with Crippen molar-refractivity contribution in [3.63, 3.8) is 0 Å². The Balaban J connectivity index is 1.83. The highest BCUT2D eigenvalue weighted by atomic mass is 35.5. The van der Waals surface area contributed by atoms with Crippen molar-refractivity contribution in [1.82, 2.24) is 9.80 Å². The molecule has 1 aromatic carbocycles. The number of nitrogens with zero attached hydrogens (tertiary/aromatic N) is 2. The highest BCUT2D eigenvalue weighted by Crippen LogP contribution is 2.45. The molecule has 3 aliphatic heterocycles. The fourth-order valence-corrected chi connectivity index (χ4v) is 10.9. The van der Waals surface area contributed by atoms with E-state index >= 15 is 0 Å². The molecule has 14 nitrogen and oxygen atoms in total. The molecule has 3 heterocycles. The molecule has 3 aliphatic rings. The number of hydrogen-bond acceptors (Lipinski definition) is 14. The Labute approximate surface area is 383 Å². The Bertz CT molecular complexity index is 1610. The van der Waals surface area contributed by atoms with Crippen molar-refractivity contribution in [2.45, 2.75) is 199 Å². The summed E-state index contributed by atoms with van der Waals surface area (Å²) in [6.07, 6.45) is -5.30. The first-order valence-electron chi connectivity index (χ1n) is 23.3. The third-order valence-electron chi connectivity index (χ3n) is 14.7. The van der Waals surface area contributed by atoms with E-state index in [0.717, 1.165) is 18.7 Å². The number of methoxy groups -OCH3 is 1. The van der Waals surface area contributed by atoms with Crippen LogP contribution in [0.25, 0.3) is 0 Å². The minimum atomic E-state index is -1.77. The molecule has 0 amide bonds. The lowest BCUT2D eigenvalue weighted by Gasteiger charge is -2.54. The van der Waals surface area contributed by atoms with E-state index in [4.69, 9.17) is 40.0 Å². The van der Waals surface area contributed by atoms with Crippen LogP contribution in [0.2, 0.25) is 5.02 Å². The molecule has 0 saturated carbocycles. The van der Waals surface area contributed by atoms with Gasteiger partial charge in [-0.2, -0.15) is 0 Å². The number of aliphatic hydroxyl groups excluding tert-OH is 2. The molecule has 5 N–H and O–H groups in total. The van der Waals surface area contributed by atoms with Gasteiger partial charge in [-0.05, 0) is 117 Å². The van der Waals surface area contributed by atoms with Crippen LogP contribution in [0, 0.1) is 23.2 Å². The number of cyclic esters (lactones) is 1. The number of hydrogen-bond donors (Lipinski definition) is 5. The normalized spacial score (nSPS) is 42.6. The number of carbonyl (C=O) groups is 1. The number of carbonyl (C=O) groups excluding carboxylic acids is 1. The predicted molar refractivity (Wildman–Crippen MR) is 245 cm³/mol. The first-order valence-corrected chi connectivity index (χ1v) is 23.7. The average molecular weight is 915 g/mol. The molecule has 0 aliphatic carbocycles. The van der Waals surface area contributed by atoms with Crippen LogP contribution < -0.4 is 5.32 Å². The summed E-state index contributed by atoms with van der Waals surface area (Å²) in [4.78, 5) is 19.0. The van der Waals surface area contributed by atoms with Crippen molar-refractivity contribution < 1.29 is 53.6 Å². The van der Waals surface area contributed by atoms with Gasteiger partial charge in [0.15, 0.2) is 12.6 Å². The number of anilines is 1. The van der Waals surface area contributed by atoms with Crippen LogP contribution in [0.5, 0.6) is 0 Å². The maximum Gasteiger partial charge on any atom is 0.311 e. The number of rotatable bonds is 12. The molecule has 4 rings (SSSR count). The Morgan fingerprint density at radius 1 is 0.984 bits per heavy atom. The van der Waals surface area contributed by atoms with Gasteiger partial charge in [0.2, 0.25) is 0 Å². The minimum Gasteiger partial charge on any atom is -0.459 e. The first-order chi connectivity index (χ1) is 29.3.